The molecule has 2 rings (SSSR count). The van der Waals surface area contributed by atoms with Crippen LogP contribution in [-0.2, 0) is 26.3 Å². The summed E-state index contributed by atoms with van der Waals surface area (Å²) in [7, 11) is -2.52. The quantitative estimate of drug-likeness (QED) is 0.657. The van der Waals surface area contributed by atoms with Crippen LogP contribution in [0.25, 0.3) is 0 Å². The topological polar surface area (TPSA) is 90.0 Å². The molecule has 7 nitrogen and oxygen atoms in total. The molecular formula is C18H23NO6S2. The Bertz CT molecular complexity index is 999. The molecule has 0 atom stereocenters. The van der Waals surface area contributed by atoms with Crippen LogP contribution in [0.15, 0.2) is 52.3 Å². The lowest BCUT2D eigenvalue weighted by atomic mass is 10.1. The van der Waals surface area contributed by atoms with Crippen molar-refractivity contribution in [3.63, 3.8) is 0 Å². The van der Waals surface area contributed by atoms with E-state index in [0.717, 1.165) is 11.8 Å². The third-order valence-electron chi connectivity index (χ3n) is 4.12. The maximum Gasteiger partial charge on any atom is 0.242 e. The highest BCUT2D eigenvalue weighted by atomic mass is 32.2. The molecule has 0 N–H and O–H groups in total. The van der Waals surface area contributed by atoms with E-state index in [1.807, 2.05) is 6.07 Å². The lowest BCUT2D eigenvalue weighted by Gasteiger charge is -2.18. The van der Waals surface area contributed by atoms with Crippen LogP contribution in [0.1, 0.15) is 5.56 Å². The molecule has 0 aliphatic rings. The van der Waals surface area contributed by atoms with Gasteiger partial charge in [-0.3, -0.25) is 0 Å². The van der Waals surface area contributed by atoms with E-state index in [1.54, 1.807) is 26.4 Å². The summed E-state index contributed by atoms with van der Waals surface area (Å²) in [6, 6.07) is 10.6. The first-order valence-corrected chi connectivity index (χ1v) is 11.4. The zero-order valence-electron chi connectivity index (χ0n) is 15.7. The van der Waals surface area contributed by atoms with Crippen LogP contribution in [0.2, 0.25) is 0 Å². The Balaban J connectivity index is 2.13. The molecular weight excluding hydrogens is 390 g/mol. The molecule has 0 aliphatic heterocycles. The van der Waals surface area contributed by atoms with Gasteiger partial charge >= 0.3 is 0 Å². The minimum absolute atomic E-state index is 0.0460. The van der Waals surface area contributed by atoms with Gasteiger partial charge in [0.05, 0.1) is 24.0 Å². The van der Waals surface area contributed by atoms with Crippen molar-refractivity contribution >= 4 is 19.9 Å². The monoisotopic (exact) mass is 413 g/mol. The van der Waals surface area contributed by atoms with E-state index in [9.17, 15) is 16.8 Å². The van der Waals surface area contributed by atoms with Gasteiger partial charge in [0.25, 0.3) is 0 Å². The number of hydrogen-bond acceptors (Lipinski definition) is 6. The van der Waals surface area contributed by atoms with Crippen molar-refractivity contribution in [2.45, 2.75) is 16.2 Å². The van der Waals surface area contributed by atoms with Gasteiger partial charge in [0.15, 0.2) is 21.3 Å². The largest absolute Gasteiger partial charge is 0.493 e. The number of sulfonamides is 1. The Morgan fingerprint density at radius 1 is 0.852 bits per heavy atom. The maximum atomic E-state index is 12.7. The van der Waals surface area contributed by atoms with Crippen molar-refractivity contribution in [1.82, 2.24) is 4.31 Å². The van der Waals surface area contributed by atoms with Gasteiger partial charge in [0.2, 0.25) is 10.0 Å². The fourth-order valence-corrected chi connectivity index (χ4v) is 4.28. The molecule has 148 valence electrons. The number of likely N-dealkylation sites (N-methyl/N-ethyl adjacent to an activating group) is 1. The number of nitrogens with zero attached hydrogens (tertiary/aromatic N) is 1. The van der Waals surface area contributed by atoms with Crippen LogP contribution >= 0.6 is 0 Å². The van der Waals surface area contributed by atoms with Crippen molar-refractivity contribution in [3.05, 3.63) is 48.0 Å². The molecule has 0 unspecified atom stereocenters. The number of ether oxygens (including phenoxy) is 2. The number of benzene rings is 2. The van der Waals surface area contributed by atoms with Gasteiger partial charge < -0.3 is 9.47 Å². The summed E-state index contributed by atoms with van der Waals surface area (Å²) in [6.07, 6.45) is 1.56. The number of methoxy groups -OCH3 is 2. The molecule has 0 heterocycles. The summed E-state index contributed by atoms with van der Waals surface area (Å²) < 4.78 is 60.0. The Morgan fingerprint density at radius 3 is 1.93 bits per heavy atom. The molecule has 0 spiro atoms. The van der Waals surface area contributed by atoms with Gasteiger partial charge in [-0.05, 0) is 48.4 Å². The van der Waals surface area contributed by atoms with Crippen LogP contribution < -0.4 is 9.47 Å². The standard InChI is InChI=1S/C18H23NO6S2/c1-19(12-11-14-5-10-17(24-2)18(13-14)25-3)27(22,23)16-8-6-15(7-9-16)26(4,20)21/h5-10,13H,11-12H2,1-4H3. The summed E-state index contributed by atoms with van der Waals surface area (Å²) in [5, 5.41) is 0. The number of hydrogen-bond donors (Lipinski definition) is 0. The van der Waals surface area contributed by atoms with Crippen LogP contribution in [0, 0.1) is 0 Å². The Morgan fingerprint density at radius 2 is 1.41 bits per heavy atom. The SMILES string of the molecule is COc1ccc(CCN(C)S(=O)(=O)c2ccc(S(C)(=O)=O)cc2)cc1OC. The lowest BCUT2D eigenvalue weighted by molar-refractivity contribution is 0.354. The molecule has 9 heteroatoms. The van der Waals surface area contributed by atoms with E-state index in [0.29, 0.717) is 17.9 Å². The Labute approximate surface area is 160 Å². The molecule has 0 fully saturated rings. The molecule has 0 bridgehead atoms. The second-order valence-corrected chi connectivity index (χ2v) is 10.1. The van der Waals surface area contributed by atoms with Crippen molar-refractivity contribution < 1.29 is 26.3 Å². The van der Waals surface area contributed by atoms with E-state index in [4.69, 9.17) is 9.47 Å². The second-order valence-electron chi connectivity index (χ2n) is 6.01. The molecule has 2 aromatic rings. The molecule has 0 saturated carbocycles. The Hall–Kier alpha value is -2.10. The van der Waals surface area contributed by atoms with E-state index < -0.39 is 19.9 Å². The smallest absolute Gasteiger partial charge is 0.242 e. The zero-order chi connectivity index (χ0) is 20.2. The van der Waals surface area contributed by atoms with Crippen molar-refractivity contribution in [2.24, 2.45) is 0 Å². The molecule has 0 aliphatic carbocycles. The van der Waals surface area contributed by atoms with Gasteiger partial charge in [-0.1, -0.05) is 6.07 Å². The molecule has 0 aromatic heterocycles. The van der Waals surface area contributed by atoms with Crippen LogP contribution in [0.4, 0.5) is 0 Å². The average molecular weight is 414 g/mol. The summed E-state index contributed by atoms with van der Waals surface area (Å²) in [5.74, 6) is 1.19. The highest BCUT2D eigenvalue weighted by Gasteiger charge is 2.21. The van der Waals surface area contributed by atoms with Gasteiger partial charge in [-0.15, -0.1) is 0 Å². The number of sulfone groups is 1. The highest BCUT2D eigenvalue weighted by molar-refractivity contribution is 7.90. The fourth-order valence-electron chi connectivity index (χ4n) is 2.48. The summed E-state index contributed by atoms with van der Waals surface area (Å²) in [5.41, 5.74) is 0.905. The van der Waals surface area contributed by atoms with Gasteiger partial charge in [-0.2, -0.15) is 0 Å². The minimum Gasteiger partial charge on any atom is -0.493 e. The van der Waals surface area contributed by atoms with E-state index >= 15 is 0 Å². The van der Waals surface area contributed by atoms with E-state index in [2.05, 4.69) is 0 Å². The fraction of sp³-hybridized carbons (Fsp3) is 0.333. The van der Waals surface area contributed by atoms with Crippen LogP contribution in [0.3, 0.4) is 0 Å². The first-order valence-electron chi connectivity index (χ1n) is 8.07. The predicted molar refractivity (Wildman–Crippen MR) is 103 cm³/mol. The van der Waals surface area contributed by atoms with E-state index in [-0.39, 0.29) is 16.3 Å². The van der Waals surface area contributed by atoms with Gasteiger partial charge in [-0.25, -0.2) is 21.1 Å². The zero-order valence-corrected chi connectivity index (χ0v) is 17.3. The third kappa shape index (κ3) is 5.00. The van der Waals surface area contributed by atoms with Gasteiger partial charge in [0.1, 0.15) is 0 Å². The van der Waals surface area contributed by atoms with E-state index in [1.165, 1.54) is 35.6 Å². The highest BCUT2D eigenvalue weighted by Crippen LogP contribution is 2.28. The summed E-state index contributed by atoms with van der Waals surface area (Å²) >= 11 is 0. The summed E-state index contributed by atoms with van der Waals surface area (Å²) in [4.78, 5) is 0.124. The van der Waals surface area contributed by atoms with Crippen molar-refractivity contribution in [2.75, 3.05) is 34.1 Å². The molecule has 0 amide bonds. The first-order chi connectivity index (χ1) is 12.6. The molecule has 27 heavy (non-hydrogen) atoms. The molecule has 0 saturated heterocycles. The van der Waals surface area contributed by atoms with Crippen molar-refractivity contribution in [3.8, 4) is 11.5 Å². The second kappa shape index (κ2) is 8.28. The predicted octanol–water partition coefficient (Wildman–Crippen LogP) is 1.97. The normalized spacial score (nSPS) is 12.2. The average Bonchev–Trinajstić information content (AvgIpc) is 2.65. The Kier molecular flexibility index (Phi) is 6.50. The van der Waals surface area contributed by atoms with Crippen molar-refractivity contribution in [1.29, 1.82) is 0 Å². The molecule has 0 radical (unpaired) electrons. The number of rotatable bonds is 8. The summed E-state index contributed by atoms with van der Waals surface area (Å²) in [6.45, 7) is 0.256. The van der Waals surface area contributed by atoms with Crippen LogP contribution in [0.5, 0.6) is 11.5 Å². The maximum absolute atomic E-state index is 12.7. The third-order valence-corrected chi connectivity index (χ3v) is 7.12. The van der Waals surface area contributed by atoms with Crippen LogP contribution in [-0.4, -0.2) is 55.2 Å². The minimum atomic E-state index is -3.72. The first kappa shape index (κ1) is 21.2. The van der Waals surface area contributed by atoms with Gasteiger partial charge in [0, 0.05) is 19.8 Å². The molecule has 2 aromatic carbocycles. The lowest BCUT2D eigenvalue weighted by Crippen LogP contribution is -2.29.